The summed E-state index contributed by atoms with van der Waals surface area (Å²) in [7, 11) is 0.161. The van der Waals surface area contributed by atoms with E-state index in [4.69, 9.17) is 10.5 Å². The van der Waals surface area contributed by atoms with E-state index in [1.165, 1.54) is 7.11 Å². The van der Waals surface area contributed by atoms with Gasteiger partial charge >= 0.3 is 0 Å². The van der Waals surface area contributed by atoms with E-state index in [0.29, 0.717) is 17.9 Å². The molecule has 0 bridgehead atoms. The number of nitrogens with zero attached hydrogens (tertiary/aromatic N) is 2. The fourth-order valence-corrected chi connectivity index (χ4v) is 4.53. The third kappa shape index (κ3) is 2.24. The maximum Gasteiger partial charge on any atom is 0.161 e. The standard InChI is InChI=1S/C11H19N3O3S/c1-14-11(8(17-2)7-13-14)10(12)9-5-3-4-6-18(9,15)16/h7,9-10H,3-6,12H2,1-2H3. The van der Waals surface area contributed by atoms with Crippen LogP contribution in [-0.4, -0.2) is 36.3 Å². The summed E-state index contributed by atoms with van der Waals surface area (Å²) in [5, 5.41) is 3.54. The van der Waals surface area contributed by atoms with E-state index in [9.17, 15) is 8.42 Å². The highest BCUT2D eigenvalue weighted by molar-refractivity contribution is 7.92. The molecule has 1 aromatic rings. The molecular formula is C11H19N3O3S. The number of methoxy groups -OCH3 is 1. The lowest BCUT2D eigenvalue weighted by molar-refractivity contribution is 0.398. The van der Waals surface area contributed by atoms with E-state index in [0.717, 1.165) is 12.8 Å². The van der Waals surface area contributed by atoms with E-state index in [-0.39, 0.29) is 5.75 Å². The molecule has 1 aromatic heterocycles. The smallest absolute Gasteiger partial charge is 0.161 e. The summed E-state index contributed by atoms with van der Waals surface area (Å²) in [5.41, 5.74) is 6.79. The fourth-order valence-electron chi connectivity index (χ4n) is 2.52. The molecule has 2 rings (SSSR count). The van der Waals surface area contributed by atoms with Crippen LogP contribution in [0.5, 0.6) is 5.75 Å². The molecule has 0 aromatic carbocycles. The van der Waals surface area contributed by atoms with Crippen LogP contribution in [0.1, 0.15) is 31.0 Å². The number of nitrogens with two attached hydrogens (primary N) is 1. The van der Waals surface area contributed by atoms with E-state index < -0.39 is 21.1 Å². The lowest BCUT2D eigenvalue weighted by atomic mass is 10.0. The normalized spacial score (nSPS) is 24.7. The number of rotatable bonds is 3. The van der Waals surface area contributed by atoms with Crippen molar-refractivity contribution in [2.24, 2.45) is 12.8 Å². The van der Waals surface area contributed by atoms with Gasteiger partial charge in [-0.3, -0.25) is 4.68 Å². The Kier molecular flexibility index (Phi) is 3.63. The van der Waals surface area contributed by atoms with Gasteiger partial charge in [-0.15, -0.1) is 0 Å². The minimum Gasteiger partial charge on any atom is -0.493 e. The first-order chi connectivity index (χ1) is 8.47. The Labute approximate surface area is 107 Å². The average Bonchev–Trinajstić information content (AvgIpc) is 2.69. The molecule has 1 fully saturated rings. The first-order valence-corrected chi connectivity index (χ1v) is 7.72. The molecule has 1 aliphatic heterocycles. The number of aryl methyl sites for hydroxylation is 1. The van der Waals surface area contributed by atoms with Gasteiger partial charge in [0.15, 0.2) is 15.6 Å². The summed E-state index contributed by atoms with van der Waals surface area (Å²) in [6.07, 6.45) is 3.80. The Morgan fingerprint density at radius 2 is 2.28 bits per heavy atom. The minimum absolute atomic E-state index is 0.228. The van der Waals surface area contributed by atoms with Crippen LogP contribution in [0.25, 0.3) is 0 Å². The molecule has 6 nitrogen and oxygen atoms in total. The Balaban J connectivity index is 2.35. The summed E-state index contributed by atoms with van der Waals surface area (Å²) < 4.78 is 30.9. The van der Waals surface area contributed by atoms with Gasteiger partial charge in [-0.05, 0) is 12.8 Å². The predicted molar refractivity (Wildman–Crippen MR) is 68.1 cm³/mol. The van der Waals surface area contributed by atoms with Crippen molar-refractivity contribution >= 4 is 9.84 Å². The molecule has 2 heterocycles. The monoisotopic (exact) mass is 273 g/mol. The van der Waals surface area contributed by atoms with Gasteiger partial charge in [0, 0.05) is 7.05 Å². The van der Waals surface area contributed by atoms with Gasteiger partial charge in [0.25, 0.3) is 0 Å². The van der Waals surface area contributed by atoms with Gasteiger partial charge < -0.3 is 10.5 Å². The zero-order valence-electron chi connectivity index (χ0n) is 10.7. The van der Waals surface area contributed by atoms with E-state index in [1.54, 1.807) is 17.9 Å². The van der Waals surface area contributed by atoms with E-state index >= 15 is 0 Å². The van der Waals surface area contributed by atoms with Crippen LogP contribution in [0.15, 0.2) is 6.20 Å². The van der Waals surface area contributed by atoms with Crippen LogP contribution in [0.4, 0.5) is 0 Å². The van der Waals surface area contributed by atoms with Crippen molar-refractivity contribution in [3.63, 3.8) is 0 Å². The Bertz CT molecular complexity index is 524. The maximum absolute atomic E-state index is 12.1. The van der Waals surface area contributed by atoms with Crippen molar-refractivity contribution in [1.82, 2.24) is 9.78 Å². The highest BCUT2D eigenvalue weighted by Crippen LogP contribution is 2.32. The van der Waals surface area contributed by atoms with Crippen LogP contribution in [0.2, 0.25) is 0 Å². The topological polar surface area (TPSA) is 87.2 Å². The summed E-state index contributed by atoms with van der Waals surface area (Å²) in [5.74, 6) is 0.775. The number of aromatic nitrogens is 2. The molecule has 7 heteroatoms. The molecule has 2 atom stereocenters. The first-order valence-electron chi connectivity index (χ1n) is 6.00. The molecule has 2 N–H and O–H groups in total. The zero-order chi connectivity index (χ0) is 13.3. The van der Waals surface area contributed by atoms with Crippen LogP contribution >= 0.6 is 0 Å². The lowest BCUT2D eigenvalue weighted by Gasteiger charge is -2.27. The molecule has 0 saturated carbocycles. The molecule has 0 spiro atoms. The maximum atomic E-state index is 12.1. The molecule has 1 saturated heterocycles. The molecule has 2 unspecified atom stereocenters. The average molecular weight is 273 g/mol. The van der Waals surface area contributed by atoms with Crippen molar-refractivity contribution in [2.75, 3.05) is 12.9 Å². The summed E-state index contributed by atoms with van der Waals surface area (Å²) in [6, 6.07) is -0.585. The lowest BCUT2D eigenvalue weighted by Crippen LogP contribution is -2.38. The van der Waals surface area contributed by atoms with Gasteiger partial charge in [-0.1, -0.05) is 6.42 Å². The highest BCUT2D eigenvalue weighted by atomic mass is 32.2. The predicted octanol–water partition coefficient (Wildman–Crippen LogP) is 0.396. The van der Waals surface area contributed by atoms with Gasteiger partial charge in [0.05, 0.1) is 36.0 Å². The number of hydrogen-bond acceptors (Lipinski definition) is 5. The van der Waals surface area contributed by atoms with Crippen molar-refractivity contribution in [2.45, 2.75) is 30.6 Å². The van der Waals surface area contributed by atoms with Crippen LogP contribution in [0.3, 0.4) is 0 Å². The highest BCUT2D eigenvalue weighted by Gasteiger charge is 2.37. The Morgan fingerprint density at radius 1 is 1.56 bits per heavy atom. The van der Waals surface area contributed by atoms with Crippen LogP contribution in [-0.2, 0) is 16.9 Å². The number of sulfone groups is 1. The van der Waals surface area contributed by atoms with E-state index in [2.05, 4.69) is 5.10 Å². The SMILES string of the molecule is COc1cnn(C)c1C(N)C1CCCCS1(=O)=O. The molecule has 0 amide bonds. The second-order valence-electron chi connectivity index (χ2n) is 4.65. The van der Waals surface area contributed by atoms with Crippen molar-refractivity contribution in [3.05, 3.63) is 11.9 Å². The fraction of sp³-hybridized carbons (Fsp3) is 0.727. The zero-order valence-corrected chi connectivity index (χ0v) is 11.5. The summed E-state index contributed by atoms with van der Waals surface area (Å²) in [4.78, 5) is 0. The Hall–Kier alpha value is -1.08. The largest absolute Gasteiger partial charge is 0.493 e. The number of hydrogen-bond donors (Lipinski definition) is 1. The third-order valence-corrected chi connectivity index (χ3v) is 5.82. The van der Waals surface area contributed by atoms with Gasteiger partial charge in [-0.25, -0.2) is 8.42 Å². The molecule has 18 heavy (non-hydrogen) atoms. The quantitative estimate of drug-likeness (QED) is 0.861. The molecule has 0 aliphatic carbocycles. The molecule has 0 radical (unpaired) electrons. The molecular weight excluding hydrogens is 254 g/mol. The van der Waals surface area contributed by atoms with Gasteiger partial charge in [0.1, 0.15) is 0 Å². The van der Waals surface area contributed by atoms with Crippen molar-refractivity contribution in [1.29, 1.82) is 0 Å². The molecule has 1 aliphatic rings. The second-order valence-corrected chi connectivity index (χ2v) is 6.99. The van der Waals surface area contributed by atoms with Crippen molar-refractivity contribution in [3.8, 4) is 5.75 Å². The molecule has 102 valence electrons. The van der Waals surface area contributed by atoms with Crippen molar-refractivity contribution < 1.29 is 13.2 Å². The first kappa shape index (κ1) is 13.4. The Morgan fingerprint density at radius 3 is 2.89 bits per heavy atom. The summed E-state index contributed by atoms with van der Waals surface area (Å²) >= 11 is 0. The second kappa shape index (κ2) is 4.89. The summed E-state index contributed by atoms with van der Waals surface area (Å²) in [6.45, 7) is 0. The number of ether oxygens (including phenoxy) is 1. The third-order valence-electron chi connectivity index (χ3n) is 3.51. The van der Waals surface area contributed by atoms with Gasteiger partial charge in [-0.2, -0.15) is 5.10 Å². The van der Waals surface area contributed by atoms with E-state index in [1.807, 2.05) is 0 Å². The minimum atomic E-state index is -3.11. The van der Waals surface area contributed by atoms with Crippen LogP contribution < -0.4 is 10.5 Å². The van der Waals surface area contributed by atoms with Gasteiger partial charge in [0.2, 0.25) is 0 Å². The van der Waals surface area contributed by atoms with Crippen LogP contribution in [0, 0.1) is 0 Å².